The van der Waals surface area contributed by atoms with Gasteiger partial charge in [-0.3, -0.25) is 0 Å². The Morgan fingerprint density at radius 3 is 2.61 bits per heavy atom. The molecule has 3 nitrogen and oxygen atoms in total. The molecule has 3 fully saturated rings. The minimum Gasteiger partial charge on any atom is -0.392 e. The molecule has 1 N–H and O–H groups in total. The molecule has 1 aliphatic carbocycles. The molecule has 0 bridgehead atoms. The molecule has 2 saturated heterocycles. The van der Waals surface area contributed by atoms with Gasteiger partial charge in [0.15, 0.2) is 0 Å². The van der Waals surface area contributed by atoms with Gasteiger partial charge in [0.2, 0.25) is 0 Å². The molecule has 3 rings (SSSR count). The highest BCUT2D eigenvalue weighted by molar-refractivity contribution is 4.95. The zero-order valence-corrected chi connectivity index (χ0v) is 11.4. The maximum atomic E-state index is 10.7. The maximum absolute atomic E-state index is 10.7. The number of hydrogen-bond donors (Lipinski definition) is 1. The summed E-state index contributed by atoms with van der Waals surface area (Å²) in [5.74, 6) is 0.762. The van der Waals surface area contributed by atoms with Crippen LogP contribution in [0.1, 0.15) is 51.9 Å². The smallest absolute Gasteiger partial charge is 0.0686 e. The second-order valence-electron chi connectivity index (χ2n) is 6.51. The summed E-state index contributed by atoms with van der Waals surface area (Å²) in [5.41, 5.74) is 0.118. The molecule has 2 aliphatic heterocycles. The van der Waals surface area contributed by atoms with Gasteiger partial charge < -0.3 is 14.6 Å². The van der Waals surface area contributed by atoms with Crippen molar-refractivity contribution in [3.63, 3.8) is 0 Å². The molecule has 104 valence electrons. The summed E-state index contributed by atoms with van der Waals surface area (Å²) in [7, 11) is 0. The summed E-state index contributed by atoms with van der Waals surface area (Å²) >= 11 is 0. The fourth-order valence-electron chi connectivity index (χ4n) is 4.27. The average molecular weight is 254 g/mol. The van der Waals surface area contributed by atoms with Crippen LogP contribution in [0.25, 0.3) is 0 Å². The molecule has 0 amide bonds. The van der Waals surface area contributed by atoms with Crippen LogP contribution >= 0.6 is 0 Å². The minimum atomic E-state index is -0.191. The second-order valence-corrected chi connectivity index (χ2v) is 6.51. The third-order valence-electron chi connectivity index (χ3n) is 5.40. The summed E-state index contributed by atoms with van der Waals surface area (Å²) in [6.45, 7) is 3.76. The molecular formula is C15H26O3. The van der Waals surface area contributed by atoms with E-state index in [1.807, 2.05) is 0 Å². The predicted molar refractivity (Wildman–Crippen MR) is 69.4 cm³/mol. The molecule has 0 aromatic rings. The van der Waals surface area contributed by atoms with Crippen molar-refractivity contribution in [1.82, 2.24) is 0 Å². The van der Waals surface area contributed by atoms with E-state index in [1.165, 1.54) is 25.7 Å². The molecule has 0 radical (unpaired) electrons. The predicted octanol–water partition coefficient (Wildman–Crippen LogP) is 2.51. The fraction of sp³-hybridized carbons (Fsp3) is 1.00. The van der Waals surface area contributed by atoms with Crippen molar-refractivity contribution in [1.29, 1.82) is 0 Å². The van der Waals surface area contributed by atoms with Gasteiger partial charge in [0.05, 0.1) is 17.8 Å². The van der Waals surface area contributed by atoms with E-state index in [9.17, 15) is 5.11 Å². The Hall–Kier alpha value is -0.120. The monoisotopic (exact) mass is 254 g/mol. The average Bonchev–Trinajstić information content (AvgIpc) is 2.98. The molecule has 0 aromatic carbocycles. The van der Waals surface area contributed by atoms with Crippen molar-refractivity contribution < 1.29 is 14.6 Å². The number of ether oxygens (including phenoxy) is 2. The number of rotatable bonds is 2. The Morgan fingerprint density at radius 2 is 1.94 bits per heavy atom. The van der Waals surface area contributed by atoms with Gasteiger partial charge in [0.1, 0.15) is 0 Å². The Morgan fingerprint density at radius 1 is 1.17 bits per heavy atom. The maximum Gasteiger partial charge on any atom is 0.0686 e. The van der Waals surface area contributed by atoms with E-state index in [-0.39, 0.29) is 17.8 Å². The van der Waals surface area contributed by atoms with E-state index in [0.29, 0.717) is 11.8 Å². The van der Waals surface area contributed by atoms with Crippen molar-refractivity contribution in [2.45, 2.75) is 69.7 Å². The molecule has 2 heterocycles. The number of aliphatic hydroxyl groups is 1. The Labute approximate surface area is 110 Å². The first-order chi connectivity index (χ1) is 8.70. The quantitative estimate of drug-likeness (QED) is 0.823. The highest BCUT2D eigenvalue weighted by Gasteiger charge is 2.44. The van der Waals surface area contributed by atoms with Crippen LogP contribution in [0.3, 0.4) is 0 Å². The third kappa shape index (κ3) is 2.33. The van der Waals surface area contributed by atoms with E-state index in [1.54, 1.807) is 0 Å². The lowest BCUT2D eigenvalue weighted by Crippen LogP contribution is -2.44. The van der Waals surface area contributed by atoms with Crippen LogP contribution in [0.15, 0.2) is 0 Å². The van der Waals surface area contributed by atoms with Gasteiger partial charge in [-0.25, -0.2) is 0 Å². The molecule has 1 spiro atoms. The topological polar surface area (TPSA) is 38.7 Å². The van der Waals surface area contributed by atoms with Gasteiger partial charge in [-0.05, 0) is 44.9 Å². The summed E-state index contributed by atoms with van der Waals surface area (Å²) in [6.07, 6.45) is 8.14. The molecule has 1 saturated carbocycles. The largest absolute Gasteiger partial charge is 0.392 e. The van der Waals surface area contributed by atoms with Gasteiger partial charge in [0, 0.05) is 19.1 Å². The molecule has 4 atom stereocenters. The SMILES string of the molecule is CC1OCCC1C(O)C1CCOC2(CCCC2)C1. The standard InChI is InChI=1S/C15H26O3/c1-11-13(5-8-17-11)14(16)12-4-9-18-15(10-12)6-2-3-7-15/h11-14,16H,2-10H2,1H3. The van der Waals surface area contributed by atoms with E-state index in [0.717, 1.165) is 32.5 Å². The van der Waals surface area contributed by atoms with Crippen molar-refractivity contribution in [3.05, 3.63) is 0 Å². The first-order valence-corrected chi connectivity index (χ1v) is 7.64. The minimum absolute atomic E-state index is 0.118. The molecule has 3 aliphatic rings. The van der Waals surface area contributed by atoms with Gasteiger partial charge >= 0.3 is 0 Å². The molecule has 4 unspecified atom stereocenters. The van der Waals surface area contributed by atoms with Crippen LogP contribution in [-0.2, 0) is 9.47 Å². The van der Waals surface area contributed by atoms with Gasteiger partial charge in [-0.2, -0.15) is 0 Å². The Balaban J connectivity index is 1.64. The van der Waals surface area contributed by atoms with Crippen molar-refractivity contribution >= 4 is 0 Å². The van der Waals surface area contributed by atoms with Gasteiger partial charge in [0.25, 0.3) is 0 Å². The Bertz CT molecular complexity index is 285. The van der Waals surface area contributed by atoms with Gasteiger partial charge in [-0.15, -0.1) is 0 Å². The normalized spacial score (nSPS) is 41.3. The van der Waals surface area contributed by atoms with E-state index < -0.39 is 0 Å². The van der Waals surface area contributed by atoms with Crippen LogP contribution in [0, 0.1) is 11.8 Å². The van der Waals surface area contributed by atoms with Crippen molar-refractivity contribution in [2.75, 3.05) is 13.2 Å². The molecule has 18 heavy (non-hydrogen) atoms. The lowest BCUT2D eigenvalue weighted by Gasteiger charge is -2.41. The summed E-state index contributed by atoms with van der Waals surface area (Å²) < 4.78 is 11.7. The lowest BCUT2D eigenvalue weighted by atomic mass is 9.76. The Kier molecular flexibility index (Phi) is 3.65. The summed E-state index contributed by atoms with van der Waals surface area (Å²) in [4.78, 5) is 0. The molecular weight excluding hydrogens is 228 g/mol. The van der Waals surface area contributed by atoms with E-state index in [4.69, 9.17) is 9.47 Å². The van der Waals surface area contributed by atoms with Crippen molar-refractivity contribution in [3.8, 4) is 0 Å². The fourth-order valence-corrected chi connectivity index (χ4v) is 4.27. The van der Waals surface area contributed by atoms with E-state index in [2.05, 4.69) is 6.92 Å². The molecule has 3 heteroatoms. The third-order valence-corrected chi connectivity index (χ3v) is 5.40. The van der Waals surface area contributed by atoms with Crippen molar-refractivity contribution in [2.24, 2.45) is 11.8 Å². The number of hydrogen-bond acceptors (Lipinski definition) is 3. The highest BCUT2D eigenvalue weighted by Crippen LogP contribution is 2.44. The first kappa shape index (κ1) is 12.9. The van der Waals surface area contributed by atoms with Crippen LogP contribution in [-0.4, -0.2) is 36.1 Å². The van der Waals surface area contributed by atoms with E-state index >= 15 is 0 Å². The van der Waals surface area contributed by atoms with Crippen LogP contribution in [0.4, 0.5) is 0 Å². The van der Waals surface area contributed by atoms with Gasteiger partial charge in [-0.1, -0.05) is 12.8 Å². The zero-order valence-electron chi connectivity index (χ0n) is 11.4. The first-order valence-electron chi connectivity index (χ1n) is 7.64. The lowest BCUT2D eigenvalue weighted by molar-refractivity contribution is -0.122. The summed E-state index contributed by atoms with van der Waals surface area (Å²) in [5, 5.41) is 10.7. The van der Waals surface area contributed by atoms with Crippen LogP contribution < -0.4 is 0 Å². The zero-order chi connectivity index (χ0) is 12.6. The van der Waals surface area contributed by atoms with Crippen LogP contribution in [0.2, 0.25) is 0 Å². The second kappa shape index (κ2) is 5.10. The molecule has 0 aromatic heterocycles. The highest BCUT2D eigenvalue weighted by atomic mass is 16.5. The summed E-state index contributed by atoms with van der Waals surface area (Å²) in [6, 6.07) is 0. The van der Waals surface area contributed by atoms with Crippen LogP contribution in [0.5, 0.6) is 0 Å². The number of aliphatic hydroxyl groups excluding tert-OH is 1.